The van der Waals surface area contributed by atoms with Crippen molar-refractivity contribution in [2.45, 2.75) is 26.2 Å². The number of anilines is 1. The standard InChI is InChI=1S/C17H18ClN5O2S/c1-2-4-11-9-16(25)21-17(19-11)23-14(20-15(24)6-7-18)10-12(22-23)13-5-3-8-26-13/h3,5,8-10H,2,4,6-7H2,1H3,(H,20,24)(H,19,21,25). The van der Waals surface area contributed by atoms with Crippen LogP contribution in [0.5, 0.6) is 0 Å². The summed E-state index contributed by atoms with van der Waals surface area (Å²) in [6.07, 6.45) is 1.74. The zero-order valence-corrected chi connectivity index (χ0v) is 15.7. The van der Waals surface area contributed by atoms with Crippen LogP contribution in [-0.4, -0.2) is 31.5 Å². The Morgan fingerprint density at radius 2 is 2.27 bits per heavy atom. The number of nitrogens with zero attached hydrogens (tertiary/aromatic N) is 3. The van der Waals surface area contributed by atoms with Gasteiger partial charge >= 0.3 is 0 Å². The topological polar surface area (TPSA) is 92.7 Å². The van der Waals surface area contributed by atoms with E-state index in [9.17, 15) is 9.59 Å². The van der Waals surface area contributed by atoms with Gasteiger partial charge in [-0.15, -0.1) is 22.9 Å². The van der Waals surface area contributed by atoms with Gasteiger partial charge in [-0.1, -0.05) is 19.4 Å². The molecule has 26 heavy (non-hydrogen) atoms. The van der Waals surface area contributed by atoms with Crippen LogP contribution < -0.4 is 10.9 Å². The highest BCUT2D eigenvalue weighted by Gasteiger charge is 2.16. The van der Waals surface area contributed by atoms with Gasteiger partial charge in [-0.2, -0.15) is 9.78 Å². The van der Waals surface area contributed by atoms with Crippen molar-refractivity contribution >= 4 is 34.7 Å². The minimum atomic E-state index is -0.260. The molecule has 0 unspecified atom stereocenters. The number of carbonyl (C=O) groups is 1. The molecule has 0 fully saturated rings. The molecule has 0 aromatic carbocycles. The Hall–Kier alpha value is -2.45. The van der Waals surface area contributed by atoms with E-state index in [1.165, 1.54) is 22.1 Å². The predicted octanol–water partition coefficient (Wildman–Crippen LogP) is 3.20. The quantitative estimate of drug-likeness (QED) is 0.605. The first-order valence-electron chi connectivity index (χ1n) is 8.21. The summed E-state index contributed by atoms with van der Waals surface area (Å²) < 4.78 is 1.45. The Bertz CT molecular complexity index is 948. The molecule has 0 saturated heterocycles. The first-order chi connectivity index (χ1) is 12.6. The SMILES string of the molecule is CCCc1cc(=O)[nH]c(-n2nc(-c3cccs3)cc2NC(=O)CCCl)n1. The molecule has 1 amide bonds. The van der Waals surface area contributed by atoms with Gasteiger partial charge in [0.25, 0.3) is 5.56 Å². The van der Waals surface area contributed by atoms with E-state index in [0.717, 1.165) is 11.3 Å². The van der Waals surface area contributed by atoms with Gasteiger partial charge in [-0.05, 0) is 17.9 Å². The summed E-state index contributed by atoms with van der Waals surface area (Å²) in [6, 6.07) is 7.09. The van der Waals surface area contributed by atoms with Crippen molar-refractivity contribution in [3.8, 4) is 16.5 Å². The second-order valence-corrected chi connectivity index (χ2v) is 6.93. The maximum atomic E-state index is 12.0. The van der Waals surface area contributed by atoms with E-state index in [4.69, 9.17) is 11.6 Å². The fourth-order valence-electron chi connectivity index (χ4n) is 2.45. The van der Waals surface area contributed by atoms with Crippen molar-refractivity contribution in [3.05, 3.63) is 45.7 Å². The molecule has 136 valence electrons. The van der Waals surface area contributed by atoms with Crippen LogP contribution in [0.25, 0.3) is 16.5 Å². The summed E-state index contributed by atoms with van der Waals surface area (Å²) in [5, 5.41) is 9.25. The van der Waals surface area contributed by atoms with Crippen molar-refractivity contribution < 1.29 is 4.79 Å². The van der Waals surface area contributed by atoms with Crippen LogP contribution >= 0.6 is 22.9 Å². The maximum Gasteiger partial charge on any atom is 0.252 e. The molecule has 0 saturated carbocycles. The molecule has 3 aromatic heterocycles. The van der Waals surface area contributed by atoms with Gasteiger partial charge in [-0.25, -0.2) is 4.98 Å². The number of alkyl halides is 1. The lowest BCUT2D eigenvalue weighted by Gasteiger charge is -2.08. The van der Waals surface area contributed by atoms with Crippen LogP contribution in [0.1, 0.15) is 25.5 Å². The zero-order chi connectivity index (χ0) is 18.5. The molecular weight excluding hydrogens is 374 g/mol. The molecule has 0 spiro atoms. The number of thiophene rings is 1. The fourth-order valence-corrected chi connectivity index (χ4v) is 3.30. The highest BCUT2D eigenvalue weighted by atomic mass is 35.5. The number of H-pyrrole nitrogens is 1. The summed E-state index contributed by atoms with van der Waals surface area (Å²) in [5.74, 6) is 0.690. The number of hydrogen-bond acceptors (Lipinski definition) is 5. The van der Waals surface area contributed by atoms with Crippen LogP contribution in [0.2, 0.25) is 0 Å². The zero-order valence-electron chi connectivity index (χ0n) is 14.2. The Kier molecular flexibility index (Phi) is 5.85. The van der Waals surface area contributed by atoms with Gasteiger partial charge in [0.2, 0.25) is 11.9 Å². The number of aryl methyl sites for hydroxylation is 1. The van der Waals surface area contributed by atoms with Crippen molar-refractivity contribution in [3.63, 3.8) is 0 Å². The van der Waals surface area contributed by atoms with E-state index in [2.05, 4.69) is 20.4 Å². The summed E-state index contributed by atoms with van der Waals surface area (Å²) in [6.45, 7) is 2.02. The fraction of sp³-hybridized carbons (Fsp3) is 0.294. The van der Waals surface area contributed by atoms with E-state index in [1.54, 1.807) is 6.07 Å². The van der Waals surface area contributed by atoms with E-state index in [1.807, 2.05) is 24.4 Å². The molecule has 3 aromatic rings. The number of hydrogen-bond donors (Lipinski definition) is 2. The molecule has 0 radical (unpaired) electrons. The third-order valence-corrected chi connectivity index (χ3v) is 4.64. The van der Waals surface area contributed by atoms with E-state index in [-0.39, 0.29) is 29.7 Å². The first-order valence-corrected chi connectivity index (χ1v) is 9.62. The molecule has 7 nitrogen and oxygen atoms in total. The van der Waals surface area contributed by atoms with Gasteiger partial charge in [0.15, 0.2) is 0 Å². The summed E-state index contributed by atoms with van der Waals surface area (Å²) in [7, 11) is 0. The molecule has 0 aliphatic heterocycles. The molecule has 3 rings (SSSR count). The third-order valence-electron chi connectivity index (χ3n) is 3.56. The minimum absolute atomic E-state index is 0.181. The van der Waals surface area contributed by atoms with Crippen LogP contribution in [-0.2, 0) is 11.2 Å². The minimum Gasteiger partial charge on any atom is -0.310 e. The van der Waals surface area contributed by atoms with Gasteiger partial charge in [0.05, 0.1) is 4.88 Å². The van der Waals surface area contributed by atoms with Gasteiger partial charge in [-0.3, -0.25) is 14.6 Å². The second-order valence-electron chi connectivity index (χ2n) is 5.60. The summed E-state index contributed by atoms with van der Waals surface area (Å²) in [4.78, 5) is 32.1. The first kappa shape index (κ1) is 18.3. The molecule has 0 atom stereocenters. The maximum absolute atomic E-state index is 12.0. The Balaban J connectivity index is 2.06. The normalized spacial score (nSPS) is 10.8. The number of aromatic nitrogens is 4. The summed E-state index contributed by atoms with van der Waals surface area (Å²) in [5.41, 5.74) is 1.10. The monoisotopic (exact) mass is 391 g/mol. The van der Waals surface area contributed by atoms with Crippen molar-refractivity contribution in [2.75, 3.05) is 11.2 Å². The number of rotatable bonds is 7. The molecule has 0 bridgehead atoms. The van der Waals surface area contributed by atoms with Crippen LogP contribution in [0.3, 0.4) is 0 Å². The summed E-state index contributed by atoms with van der Waals surface area (Å²) >= 11 is 7.18. The molecule has 2 N–H and O–H groups in total. The van der Waals surface area contributed by atoms with Crippen molar-refractivity contribution in [1.82, 2.24) is 19.7 Å². The van der Waals surface area contributed by atoms with Crippen LogP contribution in [0, 0.1) is 0 Å². The number of amides is 1. The van der Waals surface area contributed by atoms with Crippen molar-refractivity contribution in [2.24, 2.45) is 0 Å². The van der Waals surface area contributed by atoms with Gasteiger partial charge in [0.1, 0.15) is 11.5 Å². The highest BCUT2D eigenvalue weighted by molar-refractivity contribution is 7.13. The van der Waals surface area contributed by atoms with Crippen LogP contribution in [0.4, 0.5) is 5.82 Å². The molecule has 0 aliphatic carbocycles. The number of carbonyl (C=O) groups excluding carboxylic acids is 1. The Morgan fingerprint density at radius 1 is 1.42 bits per heavy atom. The van der Waals surface area contributed by atoms with E-state index < -0.39 is 0 Å². The predicted molar refractivity (Wildman–Crippen MR) is 103 cm³/mol. The largest absolute Gasteiger partial charge is 0.310 e. The number of nitrogens with one attached hydrogen (secondary N) is 2. The molecule has 3 heterocycles. The van der Waals surface area contributed by atoms with Gasteiger partial charge in [0, 0.05) is 30.1 Å². The van der Waals surface area contributed by atoms with E-state index >= 15 is 0 Å². The average molecular weight is 392 g/mol. The second kappa shape index (κ2) is 8.29. The van der Waals surface area contributed by atoms with E-state index in [0.29, 0.717) is 23.6 Å². The van der Waals surface area contributed by atoms with Gasteiger partial charge < -0.3 is 5.32 Å². The lowest BCUT2D eigenvalue weighted by Crippen LogP contribution is -2.19. The Morgan fingerprint density at radius 3 is 2.96 bits per heavy atom. The highest BCUT2D eigenvalue weighted by Crippen LogP contribution is 2.27. The molecule has 9 heteroatoms. The molecule has 0 aliphatic rings. The lowest BCUT2D eigenvalue weighted by molar-refractivity contribution is -0.115. The van der Waals surface area contributed by atoms with Crippen molar-refractivity contribution in [1.29, 1.82) is 0 Å². The third kappa shape index (κ3) is 4.20. The lowest BCUT2D eigenvalue weighted by atomic mass is 10.2. The Labute approximate surface area is 159 Å². The average Bonchev–Trinajstić information content (AvgIpc) is 3.24. The number of halogens is 1. The smallest absolute Gasteiger partial charge is 0.252 e. The van der Waals surface area contributed by atoms with Crippen LogP contribution in [0.15, 0.2) is 34.4 Å². The number of aromatic amines is 1. The molecular formula is C17H18ClN5O2S.